The highest BCUT2D eigenvalue weighted by molar-refractivity contribution is 6.42. The van der Waals surface area contributed by atoms with E-state index in [1.54, 1.807) is 25.3 Å². The molecule has 0 spiro atoms. The van der Waals surface area contributed by atoms with E-state index in [1.165, 1.54) is 0 Å². The fourth-order valence-electron chi connectivity index (χ4n) is 2.48. The molecule has 2 rings (SSSR count). The first-order chi connectivity index (χ1) is 10.6. The van der Waals surface area contributed by atoms with Gasteiger partial charge >= 0.3 is 0 Å². The van der Waals surface area contributed by atoms with E-state index < -0.39 is 6.10 Å². The standard InChI is InChI=1S/C17H19Cl2NO2/c1-3-5-12(11-8-9-13(18)14(19)10-11)17(21)15-6-4-7-16(20-15)22-2/h4,6-10,12,17,21H,3,5H2,1-2H3/t12-,17+/m1/s1. The van der Waals surface area contributed by atoms with Gasteiger partial charge in [0.2, 0.25) is 5.88 Å². The minimum absolute atomic E-state index is 0.0978. The van der Waals surface area contributed by atoms with Crippen LogP contribution in [0.3, 0.4) is 0 Å². The third-order valence-electron chi connectivity index (χ3n) is 3.61. The van der Waals surface area contributed by atoms with Crippen LogP contribution in [0.15, 0.2) is 36.4 Å². The minimum atomic E-state index is -0.729. The van der Waals surface area contributed by atoms with Crippen LogP contribution in [0.1, 0.15) is 43.0 Å². The third-order valence-corrected chi connectivity index (χ3v) is 4.35. The fraction of sp³-hybridized carbons (Fsp3) is 0.353. The van der Waals surface area contributed by atoms with Gasteiger partial charge in [-0.3, -0.25) is 0 Å². The molecule has 0 amide bonds. The van der Waals surface area contributed by atoms with E-state index in [0.717, 1.165) is 18.4 Å². The van der Waals surface area contributed by atoms with Crippen LogP contribution in [-0.2, 0) is 0 Å². The van der Waals surface area contributed by atoms with E-state index in [9.17, 15) is 5.11 Å². The van der Waals surface area contributed by atoms with Gasteiger partial charge in [-0.2, -0.15) is 0 Å². The lowest BCUT2D eigenvalue weighted by Gasteiger charge is -2.23. The zero-order valence-corrected chi connectivity index (χ0v) is 14.1. The van der Waals surface area contributed by atoms with Gasteiger partial charge in [-0.05, 0) is 30.2 Å². The van der Waals surface area contributed by atoms with Crippen molar-refractivity contribution >= 4 is 23.2 Å². The molecule has 0 aliphatic heterocycles. The van der Waals surface area contributed by atoms with Gasteiger partial charge in [-0.15, -0.1) is 0 Å². The first-order valence-electron chi connectivity index (χ1n) is 7.20. The van der Waals surface area contributed by atoms with Crippen LogP contribution in [-0.4, -0.2) is 17.2 Å². The van der Waals surface area contributed by atoms with Gasteiger partial charge in [0, 0.05) is 12.0 Å². The van der Waals surface area contributed by atoms with Crippen molar-refractivity contribution in [3.8, 4) is 5.88 Å². The number of hydrogen-bond acceptors (Lipinski definition) is 3. The molecule has 5 heteroatoms. The molecule has 2 atom stereocenters. The van der Waals surface area contributed by atoms with Crippen molar-refractivity contribution in [3.63, 3.8) is 0 Å². The van der Waals surface area contributed by atoms with Crippen LogP contribution in [0.4, 0.5) is 0 Å². The lowest BCUT2D eigenvalue weighted by molar-refractivity contribution is 0.134. The molecule has 0 radical (unpaired) electrons. The summed E-state index contributed by atoms with van der Waals surface area (Å²) in [6, 6.07) is 10.8. The molecule has 0 saturated carbocycles. The number of benzene rings is 1. The van der Waals surface area contributed by atoms with Crippen LogP contribution in [0, 0.1) is 0 Å². The maximum atomic E-state index is 10.8. The Labute approximate surface area is 140 Å². The topological polar surface area (TPSA) is 42.4 Å². The number of rotatable bonds is 6. The summed E-state index contributed by atoms with van der Waals surface area (Å²) < 4.78 is 5.12. The molecule has 1 aromatic heterocycles. The summed E-state index contributed by atoms with van der Waals surface area (Å²) in [4.78, 5) is 4.33. The summed E-state index contributed by atoms with van der Waals surface area (Å²) in [7, 11) is 1.56. The Hall–Kier alpha value is -1.29. The molecular weight excluding hydrogens is 321 g/mol. The van der Waals surface area contributed by atoms with Crippen molar-refractivity contribution in [3.05, 3.63) is 57.7 Å². The Morgan fingerprint density at radius 2 is 1.95 bits per heavy atom. The van der Waals surface area contributed by atoms with Crippen LogP contribution in [0.5, 0.6) is 5.88 Å². The number of hydrogen-bond donors (Lipinski definition) is 1. The van der Waals surface area contributed by atoms with Crippen molar-refractivity contribution in [2.45, 2.75) is 31.8 Å². The first kappa shape index (κ1) is 17.1. The molecular formula is C17H19Cl2NO2. The average molecular weight is 340 g/mol. The Kier molecular flexibility index (Phi) is 6.07. The molecule has 0 unspecified atom stereocenters. The number of aromatic nitrogens is 1. The highest BCUT2D eigenvalue weighted by Crippen LogP contribution is 2.36. The van der Waals surface area contributed by atoms with Crippen molar-refractivity contribution in [2.24, 2.45) is 0 Å². The van der Waals surface area contributed by atoms with Crippen molar-refractivity contribution in [1.29, 1.82) is 0 Å². The van der Waals surface area contributed by atoms with Crippen LogP contribution in [0.25, 0.3) is 0 Å². The van der Waals surface area contributed by atoms with Crippen LogP contribution >= 0.6 is 23.2 Å². The van der Waals surface area contributed by atoms with E-state index in [4.69, 9.17) is 27.9 Å². The van der Waals surface area contributed by atoms with Crippen molar-refractivity contribution in [1.82, 2.24) is 4.98 Å². The number of halogens is 2. The van der Waals surface area contributed by atoms with E-state index >= 15 is 0 Å². The number of ether oxygens (including phenoxy) is 1. The monoisotopic (exact) mass is 339 g/mol. The molecule has 3 nitrogen and oxygen atoms in total. The van der Waals surface area contributed by atoms with Crippen LogP contribution in [0.2, 0.25) is 10.0 Å². The Balaban J connectivity index is 2.35. The SMILES string of the molecule is CCC[C@H](c1ccc(Cl)c(Cl)c1)[C@H](O)c1cccc(OC)n1. The average Bonchev–Trinajstić information content (AvgIpc) is 2.54. The molecule has 0 aliphatic carbocycles. The fourth-order valence-corrected chi connectivity index (χ4v) is 2.78. The molecule has 22 heavy (non-hydrogen) atoms. The van der Waals surface area contributed by atoms with Gasteiger partial charge in [0.15, 0.2) is 0 Å². The number of aliphatic hydroxyl groups is 1. The molecule has 0 fully saturated rings. The van der Waals surface area contributed by atoms with Crippen molar-refractivity contribution in [2.75, 3.05) is 7.11 Å². The lowest BCUT2D eigenvalue weighted by Crippen LogP contribution is -2.13. The maximum Gasteiger partial charge on any atom is 0.213 e. The summed E-state index contributed by atoms with van der Waals surface area (Å²) in [5, 5.41) is 11.8. The number of aliphatic hydroxyl groups excluding tert-OH is 1. The lowest BCUT2D eigenvalue weighted by atomic mass is 9.87. The van der Waals surface area contributed by atoms with Gasteiger partial charge in [-0.25, -0.2) is 4.98 Å². The second kappa shape index (κ2) is 7.82. The molecule has 2 aromatic rings. The molecule has 0 aliphatic rings. The predicted molar refractivity (Wildman–Crippen MR) is 89.9 cm³/mol. The summed E-state index contributed by atoms with van der Waals surface area (Å²) >= 11 is 12.1. The maximum absolute atomic E-state index is 10.8. The molecule has 1 heterocycles. The number of nitrogens with zero attached hydrogens (tertiary/aromatic N) is 1. The Morgan fingerprint density at radius 1 is 1.18 bits per heavy atom. The summed E-state index contributed by atoms with van der Waals surface area (Å²) in [5.41, 5.74) is 1.54. The number of pyridine rings is 1. The molecule has 0 bridgehead atoms. The highest BCUT2D eigenvalue weighted by atomic mass is 35.5. The van der Waals surface area contributed by atoms with Gasteiger partial charge in [0.1, 0.15) is 6.10 Å². The van der Waals surface area contributed by atoms with Gasteiger partial charge in [0.25, 0.3) is 0 Å². The molecule has 1 aromatic carbocycles. The van der Waals surface area contributed by atoms with Gasteiger partial charge in [0.05, 0.1) is 22.8 Å². The zero-order valence-electron chi connectivity index (χ0n) is 12.6. The second-order valence-electron chi connectivity index (χ2n) is 5.12. The normalized spacial score (nSPS) is 13.7. The van der Waals surface area contributed by atoms with E-state index in [0.29, 0.717) is 21.6 Å². The quantitative estimate of drug-likeness (QED) is 0.803. The summed E-state index contributed by atoms with van der Waals surface area (Å²) in [6.45, 7) is 2.08. The number of methoxy groups -OCH3 is 1. The molecule has 118 valence electrons. The summed E-state index contributed by atoms with van der Waals surface area (Å²) in [6.07, 6.45) is 1.02. The summed E-state index contributed by atoms with van der Waals surface area (Å²) in [5.74, 6) is 0.389. The molecule has 0 saturated heterocycles. The van der Waals surface area contributed by atoms with E-state index in [2.05, 4.69) is 11.9 Å². The molecule has 1 N–H and O–H groups in total. The smallest absolute Gasteiger partial charge is 0.213 e. The van der Waals surface area contributed by atoms with E-state index in [1.807, 2.05) is 18.2 Å². The first-order valence-corrected chi connectivity index (χ1v) is 7.96. The zero-order chi connectivity index (χ0) is 16.1. The highest BCUT2D eigenvalue weighted by Gasteiger charge is 2.24. The predicted octanol–water partition coefficient (Wildman–Crippen LogP) is 5.01. The van der Waals surface area contributed by atoms with Gasteiger partial charge in [-0.1, -0.05) is 48.7 Å². The third kappa shape index (κ3) is 3.92. The van der Waals surface area contributed by atoms with Gasteiger partial charge < -0.3 is 9.84 Å². The minimum Gasteiger partial charge on any atom is -0.481 e. The largest absolute Gasteiger partial charge is 0.481 e. The van der Waals surface area contributed by atoms with Crippen LogP contribution < -0.4 is 4.74 Å². The van der Waals surface area contributed by atoms with E-state index in [-0.39, 0.29) is 5.92 Å². The second-order valence-corrected chi connectivity index (χ2v) is 5.93. The Morgan fingerprint density at radius 3 is 2.59 bits per heavy atom. The van der Waals surface area contributed by atoms with Crippen molar-refractivity contribution < 1.29 is 9.84 Å². The Bertz CT molecular complexity index is 634.